The zero-order chi connectivity index (χ0) is 12.5. The lowest BCUT2D eigenvalue weighted by Crippen LogP contribution is -1.83. The summed E-state index contributed by atoms with van der Waals surface area (Å²) in [4.78, 5) is 17.8. The highest BCUT2D eigenvalue weighted by atomic mass is 16.3. The Labute approximate surface area is 103 Å². The average molecular weight is 238 g/mol. The predicted molar refractivity (Wildman–Crippen MR) is 71.4 cm³/mol. The van der Waals surface area contributed by atoms with Gasteiger partial charge in [0.1, 0.15) is 11.3 Å². The normalized spacial score (nSPS) is 10.7. The summed E-state index contributed by atoms with van der Waals surface area (Å²) in [7, 11) is 0. The van der Waals surface area contributed by atoms with Crippen LogP contribution in [0.2, 0.25) is 0 Å². The highest BCUT2D eigenvalue weighted by Crippen LogP contribution is 2.25. The van der Waals surface area contributed by atoms with E-state index in [-0.39, 0.29) is 0 Å². The lowest BCUT2D eigenvalue weighted by molar-refractivity contribution is 1.31. The maximum Gasteiger partial charge on any atom is 0.137 e. The SMILES string of the molecule is Nc1ccc(-c2cc3cc(N=O)cnc3[nH]2)cc1. The molecule has 0 radical (unpaired) electrons. The molecule has 3 N–H and O–H groups in total. The van der Waals surface area contributed by atoms with Crippen LogP contribution in [-0.4, -0.2) is 9.97 Å². The number of nitrogens with one attached hydrogen (secondary N) is 1. The van der Waals surface area contributed by atoms with E-state index in [0.717, 1.165) is 28.0 Å². The second-order valence-electron chi connectivity index (χ2n) is 4.03. The molecule has 0 unspecified atom stereocenters. The minimum absolute atomic E-state index is 0.324. The van der Waals surface area contributed by atoms with Crippen LogP contribution in [0.4, 0.5) is 11.4 Å². The smallest absolute Gasteiger partial charge is 0.137 e. The van der Waals surface area contributed by atoms with Crippen LogP contribution in [0.5, 0.6) is 0 Å². The van der Waals surface area contributed by atoms with Crippen molar-refractivity contribution in [1.29, 1.82) is 0 Å². The number of aromatic amines is 1. The number of nitrogens with two attached hydrogens (primary N) is 1. The number of aromatic nitrogens is 2. The van der Waals surface area contributed by atoms with Crippen molar-refractivity contribution in [2.24, 2.45) is 5.18 Å². The van der Waals surface area contributed by atoms with Crippen molar-refractivity contribution in [3.05, 3.63) is 47.5 Å². The predicted octanol–water partition coefficient (Wildman–Crippen LogP) is 3.21. The molecule has 0 bridgehead atoms. The first-order valence-corrected chi connectivity index (χ1v) is 5.44. The Balaban J connectivity index is 2.12. The van der Waals surface area contributed by atoms with Crippen LogP contribution in [0.25, 0.3) is 22.3 Å². The van der Waals surface area contributed by atoms with Gasteiger partial charge < -0.3 is 10.7 Å². The minimum atomic E-state index is 0.324. The standard InChI is InChI=1S/C13H10N4O/c14-10-3-1-8(2-4-10)12-6-9-5-11(17-18)7-15-13(9)16-12/h1-7H,14H2,(H,15,16). The van der Waals surface area contributed by atoms with E-state index in [1.807, 2.05) is 30.3 Å². The van der Waals surface area contributed by atoms with E-state index < -0.39 is 0 Å². The van der Waals surface area contributed by atoms with Crippen molar-refractivity contribution in [3.8, 4) is 11.3 Å². The summed E-state index contributed by atoms with van der Waals surface area (Å²) in [5.41, 5.74) is 9.37. The molecule has 0 aliphatic rings. The molecule has 3 rings (SSSR count). The Hall–Kier alpha value is -2.69. The third-order valence-corrected chi connectivity index (χ3v) is 2.78. The van der Waals surface area contributed by atoms with Crippen molar-refractivity contribution in [3.63, 3.8) is 0 Å². The maximum atomic E-state index is 10.5. The molecule has 1 aromatic carbocycles. The zero-order valence-electron chi connectivity index (χ0n) is 9.42. The Morgan fingerprint density at radius 1 is 1.17 bits per heavy atom. The minimum Gasteiger partial charge on any atom is -0.399 e. The summed E-state index contributed by atoms with van der Waals surface area (Å²) < 4.78 is 0. The second kappa shape index (κ2) is 3.96. The first-order chi connectivity index (χ1) is 8.76. The molecule has 0 amide bonds. The van der Waals surface area contributed by atoms with Crippen LogP contribution >= 0.6 is 0 Å². The van der Waals surface area contributed by atoms with Crippen molar-refractivity contribution in [2.45, 2.75) is 0 Å². The number of H-pyrrole nitrogens is 1. The third-order valence-electron chi connectivity index (χ3n) is 2.78. The molecule has 18 heavy (non-hydrogen) atoms. The summed E-state index contributed by atoms with van der Waals surface area (Å²) >= 11 is 0. The zero-order valence-corrected chi connectivity index (χ0v) is 9.42. The molecular formula is C13H10N4O. The molecule has 5 nitrogen and oxygen atoms in total. The lowest BCUT2D eigenvalue weighted by atomic mass is 10.1. The van der Waals surface area contributed by atoms with Gasteiger partial charge in [-0.3, -0.25) is 0 Å². The van der Waals surface area contributed by atoms with E-state index in [0.29, 0.717) is 5.69 Å². The van der Waals surface area contributed by atoms with E-state index in [1.54, 1.807) is 6.07 Å². The fourth-order valence-electron chi connectivity index (χ4n) is 1.87. The van der Waals surface area contributed by atoms with Crippen molar-refractivity contribution in [1.82, 2.24) is 9.97 Å². The molecule has 0 saturated carbocycles. The molecule has 2 heterocycles. The summed E-state index contributed by atoms with van der Waals surface area (Å²) in [6.07, 6.45) is 1.44. The van der Waals surface area contributed by atoms with Gasteiger partial charge in [0.2, 0.25) is 0 Å². The quantitative estimate of drug-likeness (QED) is 0.531. The number of rotatable bonds is 2. The van der Waals surface area contributed by atoms with E-state index in [9.17, 15) is 4.91 Å². The molecule has 0 aliphatic carbocycles. The molecule has 0 spiro atoms. The van der Waals surface area contributed by atoms with Gasteiger partial charge in [-0.2, -0.15) is 0 Å². The molecule has 3 aromatic rings. The fraction of sp³-hybridized carbons (Fsp3) is 0. The average Bonchev–Trinajstić information content (AvgIpc) is 2.82. The number of fused-ring (bicyclic) bond motifs is 1. The monoisotopic (exact) mass is 238 g/mol. The first-order valence-electron chi connectivity index (χ1n) is 5.44. The molecule has 5 heteroatoms. The molecular weight excluding hydrogens is 228 g/mol. The summed E-state index contributed by atoms with van der Waals surface area (Å²) in [5.74, 6) is 0. The van der Waals surface area contributed by atoms with Crippen LogP contribution in [0.1, 0.15) is 0 Å². The van der Waals surface area contributed by atoms with Gasteiger partial charge in [0.15, 0.2) is 0 Å². The number of nitrogens with zero attached hydrogens (tertiary/aromatic N) is 2. The molecule has 0 saturated heterocycles. The number of nitrogen functional groups attached to an aromatic ring is 1. The van der Waals surface area contributed by atoms with Crippen LogP contribution in [0.15, 0.2) is 47.8 Å². The molecule has 0 atom stereocenters. The third kappa shape index (κ3) is 1.71. The number of benzene rings is 1. The van der Waals surface area contributed by atoms with Gasteiger partial charge in [-0.25, -0.2) is 4.98 Å². The van der Waals surface area contributed by atoms with Crippen LogP contribution < -0.4 is 5.73 Å². The number of hydrogen-bond acceptors (Lipinski definition) is 4. The van der Waals surface area contributed by atoms with Gasteiger partial charge in [0, 0.05) is 16.8 Å². The highest BCUT2D eigenvalue weighted by Gasteiger charge is 2.05. The molecule has 0 aliphatic heterocycles. The molecule has 0 fully saturated rings. The summed E-state index contributed by atoms with van der Waals surface area (Å²) in [6.45, 7) is 0. The van der Waals surface area contributed by atoms with Gasteiger partial charge >= 0.3 is 0 Å². The maximum absolute atomic E-state index is 10.5. The largest absolute Gasteiger partial charge is 0.399 e. The number of anilines is 1. The Morgan fingerprint density at radius 3 is 2.67 bits per heavy atom. The fourth-order valence-corrected chi connectivity index (χ4v) is 1.87. The Kier molecular flexibility index (Phi) is 2.30. The number of hydrogen-bond donors (Lipinski definition) is 2. The van der Waals surface area contributed by atoms with Gasteiger partial charge in [-0.05, 0) is 35.0 Å². The van der Waals surface area contributed by atoms with E-state index >= 15 is 0 Å². The van der Waals surface area contributed by atoms with Gasteiger partial charge in [-0.1, -0.05) is 12.1 Å². The van der Waals surface area contributed by atoms with Crippen LogP contribution in [-0.2, 0) is 0 Å². The van der Waals surface area contributed by atoms with Crippen LogP contribution in [0, 0.1) is 4.91 Å². The summed E-state index contributed by atoms with van der Waals surface area (Å²) in [6, 6.07) is 11.2. The lowest BCUT2D eigenvalue weighted by Gasteiger charge is -1.97. The summed E-state index contributed by atoms with van der Waals surface area (Å²) in [5, 5.41) is 3.73. The van der Waals surface area contributed by atoms with E-state index in [4.69, 9.17) is 5.73 Å². The van der Waals surface area contributed by atoms with Crippen molar-refractivity contribution in [2.75, 3.05) is 5.73 Å². The van der Waals surface area contributed by atoms with Crippen molar-refractivity contribution < 1.29 is 0 Å². The highest BCUT2D eigenvalue weighted by molar-refractivity contribution is 5.85. The van der Waals surface area contributed by atoms with Gasteiger partial charge in [-0.15, -0.1) is 4.91 Å². The van der Waals surface area contributed by atoms with Gasteiger partial charge in [0.25, 0.3) is 0 Å². The van der Waals surface area contributed by atoms with Crippen LogP contribution in [0.3, 0.4) is 0 Å². The molecule has 88 valence electrons. The number of nitroso groups, excluding NO2 is 1. The van der Waals surface area contributed by atoms with Crippen molar-refractivity contribution >= 4 is 22.4 Å². The van der Waals surface area contributed by atoms with E-state index in [2.05, 4.69) is 15.1 Å². The second-order valence-corrected chi connectivity index (χ2v) is 4.03. The van der Waals surface area contributed by atoms with E-state index in [1.165, 1.54) is 6.20 Å². The molecule has 2 aromatic heterocycles. The topological polar surface area (TPSA) is 84.1 Å². The number of pyridine rings is 1. The first kappa shape index (κ1) is 10.5. The van der Waals surface area contributed by atoms with Gasteiger partial charge in [0.05, 0.1) is 6.20 Å². The Morgan fingerprint density at radius 2 is 1.94 bits per heavy atom. The Bertz CT molecular complexity index is 715.